The predicted molar refractivity (Wildman–Crippen MR) is 104 cm³/mol. The monoisotopic (exact) mass is 409 g/mol. The number of carbonyl (C=O) groups excluding carboxylic acids is 1. The van der Waals surface area contributed by atoms with Gasteiger partial charge in [0, 0.05) is 31.6 Å². The van der Waals surface area contributed by atoms with E-state index in [9.17, 15) is 13.2 Å². The van der Waals surface area contributed by atoms with Crippen molar-refractivity contribution in [3.63, 3.8) is 0 Å². The van der Waals surface area contributed by atoms with E-state index < -0.39 is 10.0 Å². The number of hydrogen-bond acceptors (Lipinski definition) is 5. The number of rotatable bonds is 7. The van der Waals surface area contributed by atoms with Gasteiger partial charge in [-0.05, 0) is 36.9 Å². The summed E-state index contributed by atoms with van der Waals surface area (Å²) in [7, 11) is -1.64. The highest BCUT2D eigenvalue weighted by molar-refractivity contribution is 7.91. The van der Waals surface area contributed by atoms with Crippen molar-refractivity contribution in [2.45, 2.75) is 37.3 Å². The van der Waals surface area contributed by atoms with E-state index in [1.807, 2.05) is 13.8 Å². The zero-order chi connectivity index (χ0) is 18.0. The van der Waals surface area contributed by atoms with Crippen LogP contribution in [0.2, 0.25) is 0 Å². The van der Waals surface area contributed by atoms with Crippen molar-refractivity contribution in [3.8, 4) is 0 Å². The molecule has 9 heteroatoms. The van der Waals surface area contributed by atoms with Gasteiger partial charge in [-0.3, -0.25) is 4.79 Å². The van der Waals surface area contributed by atoms with E-state index in [-0.39, 0.29) is 30.2 Å². The number of sulfonamides is 1. The lowest BCUT2D eigenvalue weighted by Crippen LogP contribution is -2.40. The standard InChI is InChI=1S/C16H27N3O3S2.ClH/c1-16(2,11-17)12-18(3)14(20)10-13-6-7-15(23-13)24(21,22)19-8-4-5-9-19;/h6-7H,4-5,8-12,17H2,1-3H3;1H. The largest absolute Gasteiger partial charge is 0.345 e. The first-order chi connectivity index (χ1) is 11.2. The average molecular weight is 410 g/mol. The molecule has 0 aromatic carbocycles. The molecular formula is C16H28ClN3O3S2. The summed E-state index contributed by atoms with van der Waals surface area (Å²) in [6.07, 6.45) is 2.05. The number of halogens is 1. The lowest BCUT2D eigenvalue weighted by Gasteiger charge is -2.29. The maximum atomic E-state index is 12.5. The van der Waals surface area contributed by atoms with Crippen LogP contribution < -0.4 is 5.73 Å². The second-order valence-corrected chi connectivity index (χ2v) is 10.5. The lowest BCUT2D eigenvalue weighted by molar-refractivity contribution is -0.130. The van der Waals surface area contributed by atoms with Crippen LogP contribution in [0.5, 0.6) is 0 Å². The number of amides is 1. The zero-order valence-electron chi connectivity index (χ0n) is 15.0. The fourth-order valence-electron chi connectivity index (χ4n) is 2.73. The molecule has 0 bridgehead atoms. The van der Waals surface area contributed by atoms with E-state index in [2.05, 4.69) is 0 Å². The van der Waals surface area contributed by atoms with Crippen molar-refractivity contribution in [2.24, 2.45) is 11.1 Å². The molecule has 0 aliphatic carbocycles. The van der Waals surface area contributed by atoms with Crippen LogP contribution in [0.25, 0.3) is 0 Å². The number of carbonyl (C=O) groups is 1. The van der Waals surface area contributed by atoms with Gasteiger partial charge >= 0.3 is 0 Å². The molecule has 1 amide bonds. The van der Waals surface area contributed by atoms with Crippen LogP contribution in [0.1, 0.15) is 31.6 Å². The van der Waals surface area contributed by atoms with Gasteiger partial charge in [0.15, 0.2) is 0 Å². The molecule has 2 N–H and O–H groups in total. The van der Waals surface area contributed by atoms with Crippen molar-refractivity contribution in [3.05, 3.63) is 17.0 Å². The van der Waals surface area contributed by atoms with Gasteiger partial charge in [-0.15, -0.1) is 23.7 Å². The summed E-state index contributed by atoms with van der Waals surface area (Å²) >= 11 is 1.19. The molecule has 6 nitrogen and oxygen atoms in total. The Hall–Kier alpha value is -0.670. The topological polar surface area (TPSA) is 83.7 Å². The van der Waals surface area contributed by atoms with Crippen molar-refractivity contribution in [2.75, 3.05) is 33.2 Å². The average Bonchev–Trinajstić information content (AvgIpc) is 3.18. The van der Waals surface area contributed by atoms with Crippen molar-refractivity contribution >= 4 is 39.7 Å². The second kappa shape index (κ2) is 8.81. The van der Waals surface area contributed by atoms with Crippen LogP contribution in [0.15, 0.2) is 16.3 Å². The fraction of sp³-hybridized carbons (Fsp3) is 0.688. The smallest absolute Gasteiger partial charge is 0.252 e. The van der Waals surface area contributed by atoms with Gasteiger partial charge in [0.2, 0.25) is 5.91 Å². The number of nitrogens with two attached hydrogens (primary N) is 1. The minimum atomic E-state index is -3.40. The van der Waals surface area contributed by atoms with E-state index in [0.717, 1.165) is 17.7 Å². The number of nitrogens with zero attached hydrogens (tertiary/aromatic N) is 2. The van der Waals surface area contributed by atoms with Crippen molar-refractivity contribution in [1.82, 2.24) is 9.21 Å². The Labute approximate surface area is 160 Å². The number of thiophene rings is 1. The normalized spacial score (nSPS) is 15.8. The van der Waals surface area contributed by atoms with Crippen molar-refractivity contribution in [1.29, 1.82) is 0 Å². The maximum absolute atomic E-state index is 12.5. The van der Waals surface area contributed by atoms with Gasteiger partial charge in [0.1, 0.15) is 4.21 Å². The van der Waals surface area contributed by atoms with Gasteiger partial charge in [-0.25, -0.2) is 8.42 Å². The van der Waals surface area contributed by atoms with Gasteiger partial charge < -0.3 is 10.6 Å². The molecule has 1 aromatic rings. The van der Waals surface area contributed by atoms with Gasteiger partial charge in [0.25, 0.3) is 10.0 Å². The zero-order valence-corrected chi connectivity index (χ0v) is 17.5. The highest BCUT2D eigenvalue weighted by Crippen LogP contribution is 2.28. The number of hydrogen-bond donors (Lipinski definition) is 1. The molecule has 2 rings (SSSR count). The molecule has 2 heterocycles. The van der Waals surface area contributed by atoms with E-state index in [1.165, 1.54) is 15.6 Å². The summed E-state index contributed by atoms with van der Waals surface area (Å²) in [6, 6.07) is 3.36. The van der Waals surface area contributed by atoms with E-state index in [1.54, 1.807) is 24.1 Å². The summed E-state index contributed by atoms with van der Waals surface area (Å²) in [5.74, 6) is -0.0245. The summed E-state index contributed by atoms with van der Waals surface area (Å²) in [5.41, 5.74) is 5.58. The SMILES string of the molecule is CN(CC(C)(C)CN)C(=O)Cc1ccc(S(=O)(=O)N2CCCC2)s1.Cl. The summed E-state index contributed by atoms with van der Waals surface area (Å²) in [5, 5.41) is 0. The molecule has 1 fully saturated rings. The van der Waals surface area contributed by atoms with Crippen LogP contribution >= 0.6 is 23.7 Å². The Morgan fingerprint density at radius 3 is 2.48 bits per heavy atom. The highest BCUT2D eigenvalue weighted by atomic mass is 35.5. The Morgan fingerprint density at radius 2 is 1.92 bits per heavy atom. The van der Waals surface area contributed by atoms with Gasteiger partial charge in [-0.2, -0.15) is 4.31 Å². The molecule has 1 aliphatic heterocycles. The Bertz CT molecular complexity index is 683. The third-order valence-corrected chi connectivity index (χ3v) is 7.72. The Balaban J connectivity index is 0.00000312. The molecule has 25 heavy (non-hydrogen) atoms. The molecule has 1 aliphatic rings. The third-order valence-electron chi connectivity index (χ3n) is 4.27. The molecule has 0 radical (unpaired) electrons. The highest BCUT2D eigenvalue weighted by Gasteiger charge is 2.29. The fourth-order valence-corrected chi connectivity index (χ4v) is 5.74. The minimum absolute atomic E-state index is 0. The molecule has 144 valence electrons. The molecule has 1 saturated heterocycles. The van der Waals surface area contributed by atoms with Crippen LogP contribution in [0.3, 0.4) is 0 Å². The first-order valence-corrected chi connectivity index (χ1v) is 10.4. The lowest BCUT2D eigenvalue weighted by atomic mass is 9.93. The molecular weight excluding hydrogens is 382 g/mol. The quantitative estimate of drug-likeness (QED) is 0.745. The summed E-state index contributed by atoms with van der Waals surface area (Å²) < 4.78 is 26.9. The van der Waals surface area contributed by atoms with Crippen LogP contribution in [0, 0.1) is 5.41 Å². The Morgan fingerprint density at radius 1 is 1.32 bits per heavy atom. The predicted octanol–water partition coefficient (Wildman–Crippen LogP) is 1.94. The van der Waals surface area contributed by atoms with E-state index >= 15 is 0 Å². The second-order valence-electron chi connectivity index (χ2n) is 7.13. The minimum Gasteiger partial charge on any atom is -0.345 e. The molecule has 0 atom stereocenters. The molecule has 0 unspecified atom stereocenters. The van der Waals surface area contributed by atoms with Crippen molar-refractivity contribution < 1.29 is 13.2 Å². The van der Waals surface area contributed by atoms with E-state index in [4.69, 9.17) is 5.73 Å². The maximum Gasteiger partial charge on any atom is 0.252 e. The molecule has 1 aromatic heterocycles. The third kappa shape index (κ3) is 5.65. The summed E-state index contributed by atoms with van der Waals surface area (Å²) in [4.78, 5) is 14.8. The van der Waals surface area contributed by atoms with Gasteiger partial charge in [-0.1, -0.05) is 13.8 Å². The first kappa shape index (κ1) is 22.4. The Kier molecular flexibility index (Phi) is 7.89. The summed E-state index contributed by atoms with van der Waals surface area (Å²) in [6.45, 7) is 6.29. The first-order valence-electron chi connectivity index (χ1n) is 8.19. The molecule has 0 saturated carbocycles. The molecule has 0 spiro atoms. The van der Waals surface area contributed by atoms with Crippen LogP contribution in [-0.4, -0.2) is 56.8 Å². The number of likely N-dealkylation sites (N-methyl/N-ethyl adjacent to an activating group) is 1. The van der Waals surface area contributed by atoms with E-state index in [0.29, 0.717) is 30.4 Å². The van der Waals surface area contributed by atoms with Crippen LogP contribution in [-0.2, 0) is 21.2 Å². The van der Waals surface area contributed by atoms with Gasteiger partial charge in [0.05, 0.1) is 6.42 Å². The van der Waals surface area contributed by atoms with Crippen LogP contribution in [0.4, 0.5) is 0 Å².